The molecule has 5 N–H and O–H groups in total. The lowest BCUT2D eigenvalue weighted by atomic mass is 10.0. The van der Waals surface area contributed by atoms with E-state index >= 15 is 0 Å². The Hall–Kier alpha value is -3.67. The maximum absolute atomic E-state index is 14.4. The summed E-state index contributed by atoms with van der Waals surface area (Å²) >= 11 is 0. The number of carbonyl (C=O) groups excluding carboxylic acids is 2. The SMILES string of the molecule is CC1C=C(N/C(NCc2ccc(C(=O)C(F)(F)F)c(F)c2)=C2\C(=O)N(C)N[C@@H]3CCC[C@@H]3N=C2N)C=CC1. The zero-order valence-corrected chi connectivity index (χ0v) is 21.0. The van der Waals surface area contributed by atoms with Crippen molar-refractivity contribution in [3.05, 3.63) is 70.5 Å². The van der Waals surface area contributed by atoms with E-state index in [2.05, 4.69) is 21.1 Å². The van der Waals surface area contributed by atoms with Crippen LogP contribution in [0.15, 0.2) is 58.5 Å². The highest BCUT2D eigenvalue weighted by Gasteiger charge is 2.40. The number of allylic oxidation sites excluding steroid dienone is 3. The summed E-state index contributed by atoms with van der Waals surface area (Å²) in [5.74, 6) is -3.50. The number of hydrogen-bond donors (Lipinski definition) is 4. The number of nitrogens with one attached hydrogen (secondary N) is 3. The zero-order chi connectivity index (χ0) is 27.6. The highest BCUT2D eigenvalue weighted by molar-refractivity contribution is 6.20. The molecule has 1 amide bonds. The van der Waals surface area contributed by atoms with Gasteiger partial charge in [0.25, 0.3) is 11.7 Å². The second-order valence-corrected chi connectivity index (χ2v) is 9.72. The Morgan fingerprint density at radius 1 is 1.29 bits per heavy atom. The summed E-state index contributed by atoms with van der Waals surface area (Å²) in [5.41, 5.74) is 9.52. The first-order chi connectivity index (χ1) is 17.9. The Kier molecular flexibility index (Phi) is 7.91. The predicted molar refractivity (Wildman–Crippen MR) is 134 cm³/mol. The summed E-state index contributed by atoms with van der Waals surface area (Å²) in [6.07, 6.45) is 4.10. The number of likely N-dealkylation sites (N-methyl/N-ethyl adjacent to an activating group) is 1. The molecule has 1 aliphatic heterocycles. The van der Waals surface area contributed by atoms with Crippen LogP contribution >= 0.6 is 0 Å². The molecule has 0 bridgehead atoms. The maximum Gasteiger partial charge on any atom is 0.454 e. The minimum Gasteiger partial charge on any atom is -0.383 e. The first-order valence-electron chi connectivity index (χ1n) is 12.4. The van der Waals surface area contributed by atoms with Gasteiger partial charge in [0, 0.05) is 25.3 Å². The standard InChI is InChI=1S/C26H30F4N6O2/c1-14-5-3-6-16(11-14)33-24(21-23(31)34-19-7-4-8-20(19)35-36(2)25(21)38)32-13-15-9-10-17(18(27)12-15)22(37)26(28,29)30/h3,6,9-12,14,19-20,32-33,35H,4-5,7-8,13H2,1-2H3,(H2,31,34)/b24-21-/t14?,19-,20+/m0/s1. The smallest absolute Gasteiger partial charge is 0.383 e. The molecular formula is C26H30F4N6O2. The number of ketones is 1. The highest BCUT2D eigenvalue weighted by Crippen LogP contribution is 2.26. The van der Waals surface area contributed by atoms with Gasteiger partial charge in [-0.3, -0.25) is 19.6 Å². The van der Waals surface area contributed by atoms with Crippen LogP contribution in [0.4, 0.5) is 17.6 Å². The second-order valence-electron chi connectivity index (χ2n) is 9.72. The Bertz CT molecular complexity index is 1240. The number of halogens is 4. The number of Topliss-reactive ketones (excluding diaryl/α,β-unsaturated/α-hetero) is 1. The van der Waals surface area contributed by atoms with Crippen LogP contribution in [0.3, 0.4) is 0 Å². The van der Waals surface area contributed by atoms with Crippen molar-refractivity contribution < 1.29 is 27.2 Å². The number of nitrogens with zero attached hydrogens (tertiary/aromatic N) is 2. The van der Waals surface area contributed by atoms with Gasteiger partial charge in [-0.1, -0.05) is 25.1 Å². The Morgan fingerprint density at radius 3 is 2.74 bits per heavy atom. The van der Waals surface area contributed by atoms with Gasteiger partial charge in [-0.15, -0.1) is 0 Å². The van der Waals surface area contributed by atoms with Crippen LogP contribution in [0, 0.1) is 11.7 Å². The maximum atomic E-state index is 14.4. The van der Waals surface area contributed by atoms with Gasteiger partial charge < -0.3 is 16.4 Å². The number of alkyl halides is 3. The number of amides is 1. The summed E-state index contributed by atoms with van der Waals surface area (Å²) < 4.78 is 52.7. The molecule has 38 heavy (non-hydrogen) atoms. The van der Waals surface area contributed by atoms with E-state index < -0.39 is 29.2 Å². The number of amidine groups is 1. The molecule has 0 spiro atoms. The number of nitrogens with two attached hydrogens (primary N) is 1. The fourth-order valence-corrected chi connectivity index (χ4v) is 4.77. The minimum atomic E-state index is -5.19. The van der Waals surface area contributed by atoms with Crippen LogP contribution < -0.4 is 21.8 Å². The van der Waals surface area contributed by atoms with Gasteiger partial charge in [0.05, 0.1) is 11.6 Å². The molecule has 1 fully saturated rings. The molecule has 1 unspecified atom stereocenters. The molecule has 1 aromatic rings. The van der Waals surface area contributed by atoms with E-state index in [9.17, 15) is 27.2 Å². The summed E-state index contributed by atoms with van der Waals surface area (Å²) in [7, 11) is 1.60. The van der Waals surface area contributed by atoms with E-state index in [1.165, 1.54) is 11.1 Å². The molecule has 3 atom stereocenters. The number of rotatable bonds is 6. The number of hydrazine groups is 1. The fraction of sp³-hybridized carbons (Fsp3) is 0.423. The lowest BCUT2D eigenvalue weighted by Gasteiger charge is -2.30. The molecular weight excluding hydrogens is 504 g/mol. The van der Waals surface area contributed by atoms with Crippen molar-refractivity contribution >= 4 is 17.5 Å². The molecule has 1 aromatic carbocycles. The molecule has 4 rings (SSSR count). The third-order valence-electron chi connectivity index (χ3n) is 6.71. The third kappa shape index (κ3) is 6.07. The van der Waals surface area contributed by atoms with E-state index in [0.717, 1.165) is 37.8 Å². The van der Waals surface area contributed by atoms with Gasteiger partial charge in [0.2, 0.25) is 0 Å². The van der Waals surface area contributed by atoms with Crippen molar-refractivity contribution in [2.45, 2.75) is 57.4 Å². The van der Waals surface area contributed by atoms with Crippen LogP contribution in [-0.2, 0) is 11.3 Å². The van der Waals surface area contributed by atoms with E-state index in [0.29, 0.717) is 5.70 Å². The van der Waals surface area contributed by atoms with Crippen LogP contribution in [0.1, 0.15) is 48.5 Å². The third-order valence-corrected chi connectivity index (χ3v) is 6.71. The Balaban J connectivity index is 1.68. The highest BCUT2D eigenvalue weighted by atomic mass is 19.4. The molecule has 0 aromatic heterocycles. The fourth-order valence-electron chi connectivity index (χ4n) is 4.77. The zero-order valence-electron chi connectivity index (χ0n) is 21.0. The predicted octanol–water partition coefficient (Wildman–Crippen LogP) is 3.20. The van der Waals surface area contributed by atoms with E-state index in [4.69, 9.17) is 5.73 Å². The van der Waals surface area contributed by atoms with Crippen LogP contribution in [0.5, 0.6) is 0 Å². The van der Waals surface area contributed by atoms with Crippen LogP contribution in [0.2, 0.25) is 0 Å². The van der Waals surface area contributed by atoms with Crippen LogP contribution in [-0.4, -0.2) is 47.8 Å². The van der Waals surface area contributed by atoms with E-state index in [1.54, 1.807) is 7.05 Å². The number of benzene rings is 1. The molecule has 0 radical (unpaired) electrons. The first kappa shape index (κ1) is 27.4. The topological polar surface area (TPSA) is 112 Å². The average molecular weight is 535 g/mol. The second kappa shape index (κ2) is 11.0. The van der Waals surface area contributed by atoms with Crippen molar-refractivity contribution in [2.75, 3.05) is 7.05 Å². The van der Waals surface area contributed by atoms with Crippen molar-refractivity contribution in [3.63, 3.8) is 0 Å². The number of fused-ring (bicyclic) bond motifs is 1. The largest absolute Gasteiger partial charge is 0.454 e. The molecule has 12 heteroatoms. The number of hydrogen-bond acceptors (Lipinski definition) is 7. The molecule has 0 saturated heterocycles. The van der Waals surface area contributed by atoms with Crippen molar-refractivity contribution in [1.29, 1.82) is 0 Å². The van der Waals surface area contributed by atoms with Gasteiger partial charge in [-0.05, 0) is 55.4 Å². The summed E-state index contributed by atoms with van der Waals surface area (Å²) in [6.45, 7) is 1.95. The summed E-state index contributed by atoms with van der Waals surface area (Å²) in [6, 6.07) is 2.74. The summed E-state index contributed by atoms with van der Waals surface area (Å²) in [4.78, 5) is 29.5. The normalized spacial score (nSPS) is 25.2. The first-order valence-corrected chi connectivity index (χ1v) is 12.4. The van der Waals surface area contributed by atoms with Crippen LogP contribution in [0.25, 0.3) is 0 Å². The van der Waals surface area contributed by atoms with Gasteiger partial charge in [-0.25, -0.2) is 9.82 Å². The van der Waals surface area contributed by atoms with Gasteiger partial charge in [0.1, 0.15) is 23.0 Å². The van der Waals surface area contributed by atoms with Crippen molar-refractivity contribution in [1.82, 2.24) is 21.1 Å². The lowest BCUT2D eigenvalue weighted by Crippen LogP contribution is -2.53. The van der Waals surface area contributed by atoms with Gasteiger partial charge >= 0.3 is 6.18 Å². The quantitative estimate of drug-likeness (QED) is 0.254. The molecule has 2 aliphatic carbocycles. The monoisotopic (exact) mass is 534 g/mol. The van der Waals surface area contributed by atoms with Gasteiger partial charge in [-0.2, -0.15) is 13.2 Å². The molecule has 8 nitrogen and oxygen atoms in total. The molecule has 1 heterocycles. The van der Waals surface area contributed by atoms with Gasteiger partial charge in [0.15, 0.2) is 0 Å². The average Bonchev–Trinajstić information content (AvgIpc) is 3.26. The van der Waals surface area contributed by atoms with E-state index in [-0.39, 0.29) is 47.3 Å². The molecule has 3 aliphatic rings. The molecule has 204 valence electrons. The van der Waals surface area contributed by atoms with Crippen molar-refractivity contribution in [2.24, 2.45) is 16.6 Å². The number of aliphatic imine (C=N–C) groups is 1. The van der Waals surface area contributed by atoms with E-state index in [1.807, 2.05) is 25.2 Å². The van der Waals surface area contributed by atoms with Crippen molar-refractivity contribution in [3.8, 4) is 0 Å². The minimum absolute atomic E-state index is 0.0147. The summed E-state index contributed by atoms with van der Waals surface area (Å²) in [5, 5.41) is 7.61. The Morgan fingerprint density at radius 2 is 2.05 bits per heavy atom. The number of carbonyl (C=O) groups is 2. The lowest BCUT2D eigenvalue weighted by molar-refractivity contribution is -0.129. The Labute approximate surface area is 217 Å². The molecule has 1 saturated carbocycles.